The summed E-state index contributed by atoms with van der Waals surface area (Å²) in [6.07, 6.45) is 2.08. The van der Waals surface area contributed by atoms with Gasteiger partial charge in [-0.3, -0.25) is 4.79 Å². The number of likely N-dealkylation sites (N-methyl/N-ethyl adjacent to an activating group) is 2. The van der Waals surface area contributed by atoms with Gasteiger partial charge in [-0.2, -0.15) is 0 Å². The fourth-order valence-corrected chi connectivity index (χ4v) is 3.71. The van der Waals surface area contributed by atoms with Gasteiger partial charge in [-0.25, -0.2) is 0 Å². The minimum atomic E-state index is 0.308. The van der Waals surface area contributed by atoms with Gasteiger partial charge >= 0.3 is 0 Å². The standard InChI is InChI=1S/C19H32N3O/c1-16-14-22(4,17(2)13-20-3)15-19(23)21(16)12-8-11-18-9-6-5-7-10-18/h5-7,9-10,16-17,20H,8,11-15H2,1-4H3/q+1. The summed E-state index contributed by atoms with van der Waals surface area (Å²) in [5, 5.41) is 3.24. The molecular formula is C19H32N3O+. The molecule has 128 valence electrons. The van der Waals surface area contributed by atoms with Crippen LogP contribution in [0.2, 0.25) is 0 Å². The molecule has 1 aliphatic heterocycles. The Morgan fingerprint density at radius 1 is 1.35 bits per heavy atom. The number of hydrogen-bond acceptors (Lipinski definition) is 2. The van der Waals surface area contributed by atoms with Crippen LogP contribution in [0.3, 0.4) is 0 Å². The van der Waals surface area contributed by atoms with E-state index in [9.17, 15) is 4.79 Å². The number of rotatable bonds is 7. The predicted molar refractivity (Wildman–Crippen MR) is 95.2 cm³/mol. The van der Waals surface area contributed by atoms with Gasteiger partial charge in [0.1, 0.15) is 0 Å². The van der Waals surface area contributed by atoms with Crippen molar-refractivity contribution in [1.82, 2.24) is 10.2 Å². The van der Waals surface area contributed by atoms with E-state index in [4.69, 9.17) is 0 Å². The fraction of sp³-hybridized carbons (Fsp3) is 0.632. The lowest BCUT2D eigenvalue weighted by Crippen LogP contribution is -2.67. The zero-order valence-corrected chi connectivity index (χ0v) is 15.1. The first-order chi connectivity index (χ1) is 11.0. The SMILES string of the molecule is CNCC(C)[N+]1(C)CC(=O)N(CCCc2ccccc2)C(C)C1. The van der Waals surface area contributed by atoms with E-state index >= 15 is 0 Å². The first-order valence-electron chi connectivity index (χ1n) is 8.78. The van der Waals surface area contributed by atoms with Crippen molar-refractivity contribution in [2.45, 2.75) is 38.8 Å². The second-order valence-electron chi connectivity index (χ2n) is 7.25. The molecule has 0 spiro atoms. The van der Waals surface area contributed by atoms with Crippen LogP contribution in [-0.2, 0) is 11.2 Å². The van der Waals surface area contributed by atoms with Crippen LogP contribution in [0.15, 0.2) is 30.3 Å². The molecule has 4 heteroatoms. The summed E-state index contributed by atoms with van der Waals surface area (Å²) >= 11 is 0. The third-order valence-electron chi connectivity index (χ3n) is 5.30. The van der Waals surface area contributed by atoms with Crippen LogP contribution in [0.25, 0.3) is 0 Å². The van der Waals surface area contributed by atoms with Gasteiger partial charge in [0.15, 0.2) is 6.54 Å². The van der Waals surface area contributed by atoms with E-state index in [0.717, 1.165) is 37.0 Å². The average molecular weight is 318 g/mol. The zero-order valence-electron chi connectivity index (χ0n) is 15.1. The second-order valence-corrected chi connectivity index (χ2v) is 7.25. The molecule has 1 heterocycles. The molecule has 3 atom stereocenters. The van der Waals surface area contributed by atoms with Crippen LogP contribution in [-0.4, -0.2) is 67.6 Å². The van der Waals surface area contributed by atoms with Gasteiger partial charge in [-0.1, -0.05) is 30.3 Å². The van der Waals surface area contributed by atoms with Gasteiger partial charge in [0.05, 0.1) is 25.7 Å². The molecule has 0 saturated carbocycles. The van der Waals surface area contributed by atoms with Crippen LogP contribution < -0.4 is 5.32 Å². The predicted octanol–water partition coefficient (Wildman–Crippen LogP) is 1.90. The Morgan fingerprint density at radius 2 is 2.04 bits per heavy atom. The monoisotopic (exact) mass is 318 g/mol. The van der Waals surface area contributed by atoms with Crippen molar-refractivity contribution in [3.63, 3.8) is 0 Å². The van der Waals surface area contributed by atoms with Gasteiger partial charge in [0.25, 0.3) is 5.91 Å². The number of quaternary nitrogens is 1. The maximum Gasteiger partial charge on any atom is 0.278 e. The largest absolute Gasteiger partial charge is 0.329 e. The molecule has 4 nitrogen and oxygen atoms in total. The minimum Gasteiger partial charge on any atom is -0.329 e. The summed E-state index contributed by atoms with van der Waals surface area (Å²) in [4.78, 5) is 14.8. The fourth-order valence-electron chi connectivity index (χ4n) is 3.71. The lowest BCUT2D eigenvalue weighted by Gasteiger charge is -2.48. The quantitative estimate of drug-likeness (QED) is 0.779. The molecule has 1 N–H and O–H groups in total. The van der Waals surface area contributed by atoms with Crippen LogP contribution in [0.1, 0.15) is 25.8 Å². The average Bonchev–Trinajstić information content (AvgIpc) is 2.51. The van der Waals surface area contributed by atoms with Gasteiger partial charge in [-0.05, 0) is 39.3 Å². The number of nitrogens with one attached hydrogen (secondary N) is 1. The van der Waals surface area contributed by atoms with Gasteiger partial charge in [-0.15, -0.1) is 0 Å². The normalized spacial score (nSPS) is 26.3. The van der Waals surface area contributed by atoms with E-state index in [1.807, 2.05) is 13.1 Å². The molecule has 1 aromatic carbocycles. The molecule has 1 aromatic rings. The lowest BCUT2D eigenvalue weighted by molar-refractivity contribution is -0.928. The smallest absolute Gasteiger partial charge is 0.278 e. The highest BCUT2D eigenvalue weighted by molar-refractivity contribution is 5.78. The summed E-state index contributed by atoms with van der Waals surface area (Å²) in [7, 11) is 4.20. The summed E-state index contributed by atoms with van der Waals surface area (Å²) in [5.41, 5.74) is 1.35. The third-order valence-corrected chi connectivity index (χ3v) is 5.30. The summed E-state index contributed by atoms with van der Waals surface area (Å²) in [6.45, 7) is 7.92. The maximum atomic E-state index is 12.7. The maximum absolute atomic E-state index is 12.7. The summed E-state index contributed by atoms with van der Waals surface area (Å²) < 4.78 is 0.843. The van der Waals surface area contributed by atoms with Crippen molar-refractivity contribution in [1.29, 1.82) is 0 Å². The van der Waals surface area contributed by atoms with Crippen molar-refractivity contribution >= 4 is 5.91 Å². The van der Waals surface area contributed by atoms with Gasteiger partial charge < -0.3 is 14.7 Å². The lowest BCUT2D eigenvalue weighted by atomic mass is 10.1. The Labute approximate surface area is 141 Å². The van der Waals surface area contributed by atoms with Crippen LogP contribution in [0.5, 0.6) is 0 Å². The molecule has 2 rings (SSSR count). The van der Waals surface area contributed by atoms with E-state index in [1.54, 1.807) is 0 Å². The number of hydrogen-bond donors (Lipinski definition) is 1. The molecular weight excluding hydrogens is 286 g/mol. The first-order valence-corrected chi connectivity index (χ1v) is 8.78. The Hall–Kier alpha value is -1.39. The number of amides is 1. The Kier molecular flexibility index (Phi) is 6.19. The number of carbonyl (C=O) groups is 1. The molecule has 1 amide bonds. The zero-order chi connectivity index (χ0) is 16.9. The molecule has 1 aliphatic rings. The number of aryl methyl sites for hydroxylation is 1. The van der Waals surface area contributed by atoms with E-state index in [1.165, 1.54) is 5.56 Å². The van der Waals surface area contributed by atoms with Crippen molar-refractivity contribution < 1.29 is 9.28 Å². The number of nitrogens with zero attached hydrogens (tertiary/aromatic N) is 2. The van der Waals surface area contributed by atoms with E-state index in [0.29, 0.717) is 24.5 Å². The summed E-state index contributed by atoms with van der Waals surface area (Å²) in [6, 6.07) is 11.3. The van der Waals surface area contributed by atoms with Gasteiger partial charge in [0.2, 0.25) is 0 Å². The van der Waals surface area contributed by atoms with Gasteiger partial charge in [0, 0.05) is 13.1 Å². The molecule has 0 aliphatic carbocycles. The molecule has 0 radical (unpaired) electrons. The van der Waals surface area contributed by atoms with Crippen LogP contribution in [0, 0.1) is 0 Å². The number of piperazine rings is 1. The molecule has 0 bridgehead atoms. The first kappa shape index (κ1) is 18.0. The Balaban J connectivity index is 1.89. The number of benzene rings is 1. The van der Waals surface area contributed by atoms with Crippen molar-refractivity contribution in [3.8, 4) is 0 Å². The molecule has 0 aromatic heterocycles. The third kappa shape index (κ3) is 4.55. The van der Waals surface area contributed by atoms with Crippen molar-refractivity contribution in [2.75, 3.05) is 40.3 Å². The molecule has 3 unspecified atom stereocenters. The van der Waals surface area contributed by atoms with Crippen molar-refractivity contribution in [2.24, 2.45) is 0 Å². The Morgan fingerprint density at radius 3 is 2.65 bits per heavy atom. The highest BCUT2D eigenvalue weighted by Crippen LogP contribution is 2.21. The van der Waals surface area contributed by atoms with E-state index in [-0.39, 0.29) is 0 Å². The topological polar surface area (TPSA) is 32.3 Å². The number of carbonyl (C=O) groups excluding carboxylic acids is 1. The van der Waals surface area contributed by atoms with E-state index in [2.05, 4.69) is 55.4 Å². The molecule has 1 saturated heterocycles. The molecule has 1 fully saturated rings. The highest BCUT2D eigenvalue weighted by Gasteiger charge is 2.41. The second kappa shape index (κ2) is 7.93. The van der Waals surface area contributed by atoms with E-state index < -0.39 is 0 Å². The van der Waals surface area contributed by atoms with Crippen LogP contribution >= 0.6 is 0 Å². The minimum absolute atomic E-state index is 0.308. The van der Waals surface area contributed by atoms with Crippen LogP contribution in [0.4, 0.5) is 0 Å². The highest BCUT2D eigenvalue weighted by atomic mass is 16.2. The molecule has 23 heavy (non-hydrogen) atoms. The Bertz CT molecular complexity index is 505. The summed E-state index contributed by atoms with van der Waals surface area (Å²) in [5.74, 6) is 0.308. The van der Waals surface area contributed by atoms with Crippen molar-refractivity contribution in [3.05, 3.63) is 35.9 Å².